The zero-order valence-corrected chi connectivity index (χ0v) is 12.1. The number of rotatable bonds is 4. The molecular formula is C13H12N4O2S. The second kappa shape index (κ2) is 5.84. The van der Waals surface area contributed by atoms with Crippen LogP contribution in [0.1, 0.15) is 40.3 Å². The lowest BCUT2D eigenvalue weighted by molar-refractivity contribution is 0.101. The average Bonchev–Trinajstić information content (AvgIpc) is 2.81. The van der Waals surface area contributed by atoms with Gasteiger partial charge in [-0.3, -0.25) is 4.79 Å². The number of Topliss-reactive ketones (excluding diaryl/α,β-unsaturated/α-hetero) is 1. The van der Waals surface area contributed by atoms with Gasteiger partial charge in [-0.25, -0.2) is 4.98 Å². The van der Waals surface area contributed by atoms with Crippen molar-refractivity contribution in [1.82, 2.24) is 15.2 Å². The second-order valence-electron chi connectivity index (χ2n) is 4.15. The Bertz CT molecular complexity index is 703. The Morgan fingerprint density at radius 1 is 1.45 bits per heavy atom. The zero-order valence-electron chi connectivity index (χ0n) is 11.3. The van der Waals surface area contributed by atoms with E-state index in [9.17, 15) is 4.79 Å². The SMILES string of the molecule is CC(=O)c1cc(C#N)c(SCc2nnc(C)o2)nc1C. The molecule has 0 atom stereocenters. The fourth-order valence-electron chi connectivity index (χ4n) is 1.66. The first kappa shape index (κ1) is 14.2. The number of nitrogens with zero attached hydrogens (tertiary/aromatic N) is 4. The number of nitriles is 1. The second-order valence-corrected chi connectivity index (χ2v) is 5.11. The summed E-state index contributed by atoms with van der Waals surface area (Å²) in [5.41, 5.74) is 1.46. The number of aromatic nitrogens is 3. The van der Waals surface area contributed by atoms with E-state index < -0.39 is 0 Å². The Hall–Kier alpha value is -2.20. The molecule has 0 saturated heterocycles. The number of pyridine rings is 1. The maximum Gasteiger partial charge on any atom is 0.226 e. The van der Waals surface area contributed by atoms with Crippen LogP contribution >= 0.6 is 11.8 Å². The summed E-state index contributed by atoms with van der Waals surface area (Å²) in [6, 6.07) is 3.63. The predicted octanol–water partition coefficient (Wildman–Crippen LogP) is 2.45. The molecule has 2 heterocycles. The lowest BCUT2D eigenvalue weighted by atomic mass is 10.1. The molecule has 0 aromatic carbocycles. The monoisotopic (exact) mass is 288 g/mol. The summed E-state index contributed by atoms with van der Waals surface area (Å²) in [4.78, 5) is 15.8. The lowest BCUT2D eigenvalue weighted by Gasteiger charge is -2.06. The third-order valence-electron chi connectivity index (χ3n) is 2.58. The summed E-state index contributed by atoms with van der Waals surface area (Å²) in [5, 5.41) is 17.3. The van der Waals surface area contributed by atoms with Crippen LogP contribution in [-0.2, 0) is 5.75 Å². The maximum atomic E-state index is 11.4. The number of aryl methyl sites for hydroxylation is 2. The normalized spacial score (nSPS) is 10.3. The number of carbonyl (C=O) groups excluding carboxylic acids is 1. The minimum atomic E-state index is -0.101. The Morgan fingerprint density at radius 2 is 2.20 bits per heavy atom. The van der Waals surface area contributed by atoms with Gasteiger partial charge in [0, 0.05) is 18.2 Å². The maximum absolute atomic E-state index is 11.4. The van der Waals surface area contributed by atoms with E-state index in [1.807, 2.05) is 0 Å². The highest BCUT2D eigenvalue weighted by Gasteiger charge is 2.13. The first-order valence-corrected chi connectivity index (χ1v) is 6.84. The molecule has 0 aliphatic carbocycles. The fraction of sp³-hybridized carbons (Fsp3) is 0.308. The quantitative estimate of drug-likeness (QED) is 0.630. The Balaban J connectivity index is 2.25. The van der Waals surface area contributed by atoms with Crippen molar-refractivity contribution in [1.29, 1.82) is 5.26 Å². The summed E-state index contributed by atoms with van der Waals surface area (Å²) in [6.07, 6.45) is 0. The van der Waals surface area contributed by atoms with E-state index >= 15 is 0 Å². The van der Waals surface area contributed by atoms with Crippen LogP contribution < -0.4 is 0 Å². The van der Waals surface area contributed by atoms with Crippen molar-refractivity contribution in [2.75, 3.05) is 0 Å². The molecule has 0 aliphatic rings. The Morgan fingerprint density at radius 3 is 2.75 bits per heavy atom. The van der Waals surface area contributed by atoms with Crippen LogP contribution in [0, 0.1) is 25.2 Å². The highest BCUT2D eigenvalue weighted by molar-refractivity contribution is 7.98. The molecule has 0 fully saturated rings. The van der Waals surface area contributed by atoms with Gasteiger partial charge >= 0.3 is 0 Å². The van der Waals surface area contributed by atoms with Gasteiger partial charge < -0.3 is 4.42 Å². The molecular weight excluding hydrogens is 276 g/mol. The fourth-order valence-corrected chi connectivity index (χ4v) is 2.49. The van der Waals surface area contributed by atoms with E-state index in [4.69, 9.17) is 9.68 Å². The van der Waals surface area contributed by atoms with Crippen molar-refractivity contribution in [2.24, 2.45) is 0 Å². The van der Waals surface area contributed by atoms with Gasteiger partial charge in [-0.05, 0) is 19.9 Å². The van der Waals surface area contributed by atoms with Crippen molar-refractivity contribution in [3.63, 3.8) is 0 Å². The van der Waals surface area contributed by atoms with Gasteiger partial charge in [-0.1, -0.05) is 11.8 Å². The topological polar surface area (TPSA) is 92.7 Å². The number of ketones is 1. The van der Waals surface area contributed by atoms with Crippen molar-refractivity contribution in [3.8, 4) is 6.07 Å². The van der Waals surface area contributed by atoms with Gasteiger partial charge in [0.25, 0.3) is 0 Å². The van der Waals surface area contributed by atoms with Crippen LogP contribution in [0.2, 0.25) is 0 Å². The average molecular weight is 288 g/mol. The minimum Gasteiger partial charge on any atom is -0.425 e. The molecule has 7 heteroatoms. The molecule has 0 unspecified atom stereocenters. The molecule has 2 rings (SSSR count). The zero-order chi connectivity index (χ0) is 14.7. The number of hydrogen-bond acceptors (Lipinski definition) is 7. The summed E-state index contributed by atoms with van der Waals surface area (Å²) < 4.78 is 5.26. The van der Waals surface area contributed by atoms with Crippen LogP contribution in [0.3, 0.4) is 0 Å². The van der Waals surface area contributed by atoms with Gasteiger partial charge in [0.05, 0.1) is 11.3 Å². The number of hydrogen-bond donors (Lipinski definition) is 0. The van der Waals surface area contributed by atoms with Crippen LogP contribution in [-0.4, -0.2) is 21.0 Å². The summed E-state index contributed by atoms with van der Waals surface area (Å²) in [7, 11) is 0. The smallest absolute Gasteiger partial charge is 0.226 e. The molecule has 0 saturated carbocycles. The van der Waals surface area contributed by atoms with E-state index in [0.717, 1.165) is 0 Å². The van der Waals surface area contributed by atoms with E-state index in [1.165, 1.54) is 18.7 Å². The highest BCUT2D eigenvalue weighted by Crippen LogP contribution is 2.25. The van der Waals surface area contributed by atoms with Crippen molar-refractivity contribution in [3.05, 3.63) is 34.7 Å². The molecule has 102 valence electrons. The third kappa shape index (κ3) is 3.03. The Kier molecular flexibility index (Phi) is 4.15. The van der Waals surface area contributed by atoms with E-state index in [1.54, 1.807) is 19.9 Å². The van der Waals surface area contributed by atoms with Crippen LogP contribution in [0.5, 0.6) is 0 Å². The van der Waals surface area contributed by atoms with E-state index in [-0.39, 0.29) is 5.78 Å². The van der Waals surface area contributed by atoms with Crippen LogP contribution in [0.15, 0.2) is 15.5 Å². The molecule has 0 N–H and O–H groups in total. The van der Waals surface area contributed by atoms with Gasteiger partial charge in [-0.15, -0.1) is 10.2 Å². The van der Waals surface area contributed by atoms with Gasteiger partial charge in [-0.2, -0.15) is 5.26 Å². The van der Waals surface area contributed by atoms with Gasteiger partial charge in [0.2, 0.25) is 11.8 Å². The molecule has 0 spiro atoms. The molecule has 0 aliphatic heterocycles. The molecule has 0 amide bonds. The van der Waals surface area contributed by atoms with Crippen molar-refractivity contribution < 1.29 is 9.21 Å². The number of thioether (sulfide) groups is 1. The first-order chi connectivity index (χ1) is 9.51. The minimum absolute atomic E-state index is 0.101. The third-order valence-corrected chi connectivity index (χ3v) is 3.55. The molecule has 2 aromatic heterocycles. The van der Waals surface area contributed by atoms with E-state index in [2.05, 4.69) is 21.3 Å². The van der Waals surface area contributed by atoms with Crippen molar-refractivity contribution in [2.45, 2.75) is 31.6 Å². The first-order valence-electron chi connectivity index (χ1n) is 5.85. The standard InChI is InChI=1S/C13H12N4O2S/c1-7-11(8(2)18)4-10(5-14)13(15-7)20-6-12-17-16-9(3)19-12/h4H,6H2,1-3H3. The molecule has 20 heavy (non-hydrogen) atoms. The predicted molar refractivity (Wildman–Crippen MR) is 72.3 cm³/mol. The molecule has 6 nitrogen and oxygen atoms in total. The largest absolute Gasteiger partial charge is 0.425 e. The van der Waals surface area contributed by atoms with Gasteiger partial charge in [0.15, 0.2) is 5.78 Å². The summed E-state index contributed by atoms with van der Waals surface area (Å²) in [6.45, 7) is 4.92. The van der Waals surface area contributed by atoms with Crippen molar-refractivity contribution >= 4 is 17.5 Å². The molecule has 0 bridgehead atoms. The summed E-state index contributed by atoms with van der Waals surface area (Å²) >= 11 is 1.33. The summed E-state index contributed by atoms with van der Waals surface area (Å²) in [5.74, 6) is 1.31. The highest BCUT2D eigenvalue weighted by atomic mass is 32.2. The Labute approximate surface area is 120 Å². The van der Waals surface area contributed by atoms with Crippen LogP contribution in [0.4, 0.5) is 0 Å². The molecule has 0 radical (unpaired) electrons. The molecule has 2 aromatic rings. The van der Waals surface area contributed by atoms with Gasteiger partial charge in [0.1, 0.15) is 11.1 Å². The van der Waals surface area contributed by atoms with Crippen LogP contribution in [0.25, 0.3) is 0 Å². The van der Waals surface area contributed by atoms with E-state index in [0.29, 0.717) is 39.4 Å². The number of carbonyl (C=O) groups is 1. The lowest BCUT2D eigenvalue weighted by Crippen LogP contribution is -2.02.